The number of hydrogen-bond acceptors (Lipinski definition) is 2. The van der Waals surface area contributed by atoms with Crippen molar-refractivity contribution in [2.24, 2.45) is 5.84 Å². The zero-order valence-corrected chi connectivity index (χ0v) is 8.23. The molecule has 0 bridgehead atoms. The van der Waals surface area contributed by atoms with Crippen LogP contribution in [0, 0.1) is 0 Å². The quantitative estimate of drug-likeness (QED) is 0.437. The molecule has 0 spiro atoms. The number of carbonyl (C=O) groups excluding carboxylic acids is 1. The second-order valence-corrected chi connectivity index (χ2v) is 3.43. The zero-order valence-electron chi connectivity index (χ0n) is 8.23. The Kier molecular flexibility index (Phi) is 2.65. The van der Waals surface area contributed by atoms with Crippen molar-refractivity contribution in [1.29, 1.82) is 0 Å². The van der Waals surface area contributed by atoms with Crippen molar-refractivity contribution in [2.75, 3.05) is 0 Å². The Morgan fingerprint density at radius 2 is 1.87 bits per heavy atom. The van der Waals surface area contributed by atoms with Gasteiger partial charge in [-0.25, -0.2) is 5.84 Å². The van der Waals surface area contributed by atoms with Crippen molar-refractivity contribution in [3.8, 4) is 0 Å². The van der Waals surface area contributed by atoms with Crippen LogP contribution < -0.4 is 11.3 Å². The maximum Gasteiger partial charge on any atom is 0.238 e. The highest BCUT2D eigenvalue weighted by Crippen LogP contribution is 2.15. The second-order valence-electron chi connectivity index (χ2n) is 3.43. The number of benzene rings is 2. The van der Waals surface area contributed by atoms with Crippen LogP contribution in [0.3, 0.4) is 0 Å². The van der Waals surface area contributed by atoms with E-state index in [0.29, 0.717) is 6.42 Å². The monoisotopic (exact) mass is 200 g/mol. The number of rotatable bonds is 2. The first-order chi connectivity index (χ1) is 7.29. The molecule has 0 aliphatic carbocycles. The lowest BCUT2D eigenvalue weighted by Gasteiger charge is -2.02. The lowest BCUT2D eigenvalue weighted by Crippen LogP contribution is -2.31. The van der Waals surface area contributed by atoms with Crippen molar-refractivity contribution >= 4 is 16.7 Å². The summed E-state index contributed by atoms with van der Waals surface area (Å²) in [4.78, 5) is 11.1. The minimum absolute atomic E-state index is 0.176. The Bertz CT molecular complexity index is 494. The molecule has 0 unspecified atom stereocenters. The molecule has 0 aromatic heterocycles. The van der Waals surface area contributed by atoms with E-state index in [0.717, 1.165) is 10.9 Å². The van der Waals surface area contributed by atoms with Gasteiger partial charge in [-0.3, -0.25) is 10.2 Å². The molecule has 2 aromatic rings. The fraction of sp³-hybridized carbons (Fsp3) is 0.0833. The summed E-state index contributed by atoms with van der Waals surface area (Å²) >= 11 is 0. The van der Waals surface area contributed by atoms with Gasteiger partial charge in [0.15, 0.2) is 0 Å². The number of carbonyl (C=O) groups is 1. The maximum absolute atomic E-state index is 11.1. The van der Waals surface area contributed by atoms with E-state index in [1.54, 1.807) is 0 Å². The molecule has 15 heavy (non-hydrogen) atoms. The molecule has 0 saturated heterocycles. The van der Waals surface area contributed by atoms with Crippen LogP contribution in [-0.4, -0.2) is 5.91 Å². The van der Waals surface area contributed by atoms with Crippen molar-refractivity contribution in [1.82, 2.24) is 5.43 Å². The summed E-state index contributed by atoms with van der Waals surface area (Å²) in [6.07, 6.45) is 0.321. The minimum Gasteiger partial charge on any atom is -0.294 e. The fourth-order valence-corrected chi connectivity index (χ4v) is 1.59. The number of hydrazine groups is 1. The normalized spacial score (nSPS) is 10.2. The predicted octanol–water partition coefficient (Wildman–Crippen LogP) is 1.37. The minimum atomic E-state index is -0.176. The topological polar surface area (TPSA) is 55.1 Å². The van der Waals surface area contributed by atoms with Crippen LogP contribution in [0.15, 0.2) is 42.5 Å². The van der Waals surface area contributed by atoms with Gasteiger partial charge in [0, 0.05) is 0 Å². The fourth-order valence-electron chi connectivity index (χ4n) is 1.59. The Morgan fingerprint density at radius 3 is 2.60 bits per heavy atom. The molecule has 3 N–H and O–H groups in total. The highest BCUT2D eigenvalue weighted by Gasteiger charge is 2.01. The largest absolute Gasteiger partial charge is 0.294 e. The number of amides is 1. The van der Waals surface area contributed by atoms with Gasteiger partial charge < -0.3 is 0 Å². The van der Waals surface area contributed by atoms with E-state index in [-0.39, 0.29) is 5.91 Å². The van der Waals surface area contributed by atoms with Gasteiger partial charge in [0.2, 0.25) is 5.91 Å². The Morgan fingerprint density at radius 1 is 1.13 bits per heavy atom. The smallest absolute Gasteiger partial charge is 0.238 e. The standard InChI is InChI=1S/C12H12N2O/c13-14-12(15)8-9-5-6-10-3-1-2-4-11(10)7-9/h1-7H,8,13H2,(H,14,15). The molecule has 2 rings (SSSR count). The van der Waals surface area contributed by atoms with Gasteiger partial charge in [-0.1, -0.05) is 42.5 Å². The number of nitrogens with one attached hydrogen (secondary N) is 1. The van der Waals surface area contributed by atoms with Crippen molar-refractivity contribution < 1.29 is 4.79 Å². The van der Waals surface area contributed by atoms with E-state index in [2.05, 4.69) is 5.43 Å². The summed E-state index contributed by atoms with van der Waals surface area (Å²) in [5, 5.41) is 2.31. The van der Waals surface area contributed by atoms with Crippen LogP contribution in [-0.2, 0) is 11.2 Å². The Hall–Kier alpha value is -1.87. The third kappa shape index (κ3) is 2.14. The Balaban J connectivity index is 2.34. The molecule has 0 atom stereocenters. The van der Waals surface area contributed by atoms with Gasteiger partial charge >= 0.3 is 0 Å². The third-order valence-electron chi connectivity index (χ3n) is 2.34. The SMILES string of the molecule is NNC(=O)Cc1ccc2ccccc2c1. The number of hydrogen-bond donors (Lipinski definition) is 2. The first kappa shape index (κ1) is 9.68. The van der Waals surface area contributed by atoms with E-state index < -0.39 is 0 Å². The lowest BCUT2D eigenvalue weighted by atomic mass is 10.1. The first-order valence-electron chi connectivity index (χ1n) is 4.77. The molecule has 1 amide bonds. The van der Waals surface area contributed by atoms with Crippen LogP contribution in [0.2, 0.25) is 0 Å². The molecule has 0 aliphatic heterocycles. The van der Waals surface area contributed by atoms with Crippen LogP contribution in [0.25, 0.3) is 10.8 Å². The van der Waals surface area contributed by atoms with Gasteiger partial charge in [-0.05, 0) is 16.3 Å². The molecule has 0 aliphatic rings. The third-order valence-corrected chi connectivity index (χ3v) is 2.34. The van der Waals surface area contributed by atoms with Gasteiger partial charge in [-0.2, -0.15) is 0 Å². The van der Waals surface area contributed by atoms with Gasteiger partial charge in [0.25, 0.3) is 0 Å². The van der Waals surface area contributed by atoms with Crippen LogP contribution in [0.1, 0.15) is 5.56 Å². The van der Waals surface area contributed by atoms with Crippen molar-refractivity contribution in [2.45, 2.75) is 6.42 Å². The predicted molar refractivity (Wildman–Crippen MR) is 60.0 cm³/mol. The molecule has 0 radical (unpaired) electrons. The molecule has 3 heteroatoms. The Labute approximate surface area is 87.9 Å². The van der Waals surface area contributed by atoms with Gasteiger partial charge in [0.1, 0.15) is 0 Å². The molecule has 0 fully saturated rings. The highest BCUT2D eigenvalue weighted by molar-refractivity contribution is 5.85. The molecular weight excluding hydrogens is 188 g/mol. The first-order valence-corrected chi connectivity index (χ1v) is 4.77. The molecule has 76 valence electrons. The van der Waals surface area contributed by atoms with Crippen LogP contribution in [0.4, 0.5) is 0 Å². The summed E-state index contributed by atoms with van der Waals surface area (Å²) in [6, 6.07) is 14.0. The van der Waals surface area contributed by atoms with E-state index in [4.69, 9.17) is 5.84 Å². The summed E-state index contributed by atoms with van der Waals surface area (Å²) in [5.74, 6) is 4.86. The van der Waals surface area contributed by atoms with Gasteiger partial charge in [-0.15, -0.1) is 0 Å². The average molecular weight is 200 g/mol. The number of fused-ring (bicyclic) bond motifs is 1. The summed E-state index contributed by atoms with van der Waals surface area (Å²) in [6.45, 7) is 0. The molecule has 0 saturated carbocycles. The van der Waals surface area contributed by atoms with Crippen molar-refractivity contribution in [3.63, 3.8) is 0 Å². The molecule has 0 heterocycles. The highest BCUT2D eigenvalue weighted by atomic mass is 16.2. The zero-order chi connectivity index (χ0) is 10.7. The van der Waals surface area contributed by atoms with E-state index in [1.165, 1.54) is 5.39 Å². The lowest BCUT2D eigenvalue weighted by molar-refractivity contribution is -0.120. The van der Waals surface area contributed by atoms with E-state index in [1.807, 2.05) is 42.5 Å². The second kappa shape index (κ2) is 4.11. The molecular formula is C12H12N2O. The maximum atomic E-state index is 11.1. The summed E-state index contributed by atoms with van der Waals surface area (Å²) in [5.41, 5.74) is 3.09. The van der Waals surface area contributed by atoms with E-state index in [9.17, 15) is 4.79 Å². The van der Waals surface area contributed by atoms with Crippen LogP contribution in [0.5, 0.6) is 0 Å². The number of nitrogens with two attached hydrogens (primary N) is 1. The summed E-state index contributed by atoms with van der Waals surface area (Å²) in [7, 11) is 0. The van der Waals surface area contributed by atoms with Crippen molar-refractivity contribution in [3.05, 3.63) is 48.0 Å². The average Bonchev–Trinajstić information content (AvgIpc) is 2.29. The molecule has 3 nitrogen and oxygen atoms in total. The van der Waals surface area contributed by atoms with Crippen LogP contribution >= 0.6 is 0 Å². The van der Waals surface area contributed by atoms with Gasteiger partial charge in [0.05, 0.1) is 6.42 Å². The van der Waals surface area contributed by atoms with E-state index >= 15 is 0 Å². The molecule has 2 aromatic carbocycles. The summed E-state index contributed by atoms with van der Waals surface area (Å²) < 4.78 is 0.